The first-order valence-corrected chi connectivity index (χ1v) is 15.4. The number of benzene rings is 5. The lowest BCUT2D eigenvalue weighted by Gasteiger charge is -2.29. The van der Waals surface area contributed by atoms with Crippen molar-refractivity contribution in [3.63, 3.8) is 0 Å². The summed E-state index contributed by atoms with van der Waals surface area (Å²) in [4.78, 5) is 14.9. The Morgan fingerprint density at radius 1 is 0.650 bits per heavy atom. The van der Waals surface area contributed by atoms with Gasteiger partial charge in [-0.3, -0.25) is 9.36 Å². The number of hydrogen-bond acceptors (Lipinski definition) is 2. The second-order valence-electron chi connectivity index (χ2n) is 10.1. The molecule has 0 bridgehead atoms. The molecule has 2 heterocycles. The minimum Gasteiger partial charge on any atom is -0.313 e. The number of rotatable bonds is 5. The van der Waals surface area contributed by atoms with E-state index in [-0.39, 0.29) is 5.91 Å². The first kappa shape index (κ1) is 24.8. The van der Waals surface area contributed by atoms with Crippen LogP contribution >= 0.6 is 18.7 Å². The van der Waals surface area contributed by atoms with Gasteiger partial charge >= 0.3 is 0 Å². The second-order valence-corrected chi connectivity index (χ2v) is 13.5. The third kappa shape index (κ3) is 3.73. The van der Waals surface area contributed by atoms with E-state index in [0.717, 1.165) is 33.3 Å². The zero-order valence-electron chi connectivity index (χ0n) is 21.5. The highest BCUT2D eigenvalue weighted by Crippen LogP contribution is 2.60. The summed E-state index contributed by atoms with van der Waals surface area (Å²) in [5.74, 6) is -0.644. The van der Waals surface area contributed by atoms with Crippen LogP contribution in [-0.2, 0) is 4.57 Å². The molecule has 0 aliphatic carbocycles. The summed E-state index contributed by atoms with van der Waals surface area (Å²) in [6.45, 7) is 0. The molecular formula is C35H25ClNO2P. The number of hydrogen-bond donors (Lipinski definition) is 0. The van der Waals surface area contributed by atoms with Crippen LogP contribution in [0.15, 0.2) is 140 Å². The number of nitrogens with zero attached hydrogens (tertiary/aromatic N) is 1. The molecule has 0 fully saturated rings. The minimum atomic E-state index is -3.52. The second kappa shape index (κ2) is 9.78. The first-order valence-electron chi connectivity index (χ1n) is 13.3. The van der Waals surface area contributed by atoms with Crippen molar-refractivity contribution in [3.05, 3.63) is 156 Å². The Balaban J connectivity index is 1.60. The van der Waals surface area contributed by atoms with Gasteiger partial charge in [-0.1, -0.05) is 133 Å². The smallest absolute Gasteiger partial charge is 0.243 e. The lowest BCUT2D eigenvalue weighted by atomic mass is 9.89. The summed E-state index contributed by atoms with van der Waals surface area (Å²) in [6.07, 6.45) is 0. The fourth-order valence-electron chi connectivity index (χ4n) is 6.30. The topological polar surface area (TPSA) is 39.1 Å². The van der Waals surface area contributed by atoms with Gasteiger partial charge in [0.2, 0.25) is 5.91 Å². The van der Waals surface area contributed by atoms with Gasteiger partial charge in [0.05, 0.1) is 5.52 Å². The van der Waals surface area contributed by atoms with E-state index in [0.29, 0.717) is 15.6 Å². The van der Waals surface area contributed by atoms with E-state index in [1.165, 1.54) is 0 Å². The molecule has 0 saturated heterocycles. The Morgan fingerprint density at radius 3 is 1.85 bits per heavy atom. The Bertz CT molecular complexity index is 1870. The van der Waals surface area contributed by atoms with Crippen LogP contribution in [0.5, 0.6) is 0 Å². The zero-order chi connectivity index (χ0) is 27.3. The van der Waals surface area contributed by atoms with Gasteiger partial charge in [0.15, 0.2) is 7.14 Å². The molecule has 40 heavy (non-hydrogen) atoms. The van der Waals surface area contributed by atoms with Crippen LogP contribution in [0.25, 0.3) is 22.0 Å². The predicted octanol–water partition coefficient (Wildman–Crippen LogP) is 8.13. The summed E-state index contributed by atoms with van der Waals surface area (Å²) in [7, 11) is -3.52. The molecule has 5 heteroatoms. The quantitative estimate of drug-likeness (QED) is 0.201. The number of fused-ring (bicyclic) bond motifs is 3. The first-order chi connectivity index (χ1) is 19.6. The van der Waals surface area contributed by atoms with Crippen molar-refractivity contribution in [2.24, 2.45) is 0 Å². The normalized spacial score (nSPS) is 16.8. The highest BCUT2D eigenvalue weighted by molar-refractivity contribution is 7.80. The fourth-order valence-corrected chi connectivity index (χ4v) is 9.83. The highest BCUT2D eigenvalue weighted by Gasteiger charge is 2.54. The van der Waals surface area contributed by atoms with Gasteiger partial charge in [-0.2, -0.15) is 0 Å². The maximum Gasteiger partial charge on any atom is 0.243 e. The van der Waals surface area contributed by atoms with E-state index in [2.05, 4.69) is 18.2 Å². The SMILES string of the molecule is O=C1[C@@H](P(=O)(c2ccccc2)c2ccccc2)[C@H](c2cccc(Cl)c2)c2c(-c3ccccc3)c3ccccc3n21. The van der Waals surface area contributed by atoms with Crippen LogP contribution in [0.4, 0.5) is 0 Å². The summed E-state index contributed by atoms with van der Waals surface area (Å²) < 4.78 is 17.6. The predicted molar refractivity (Wildman–Crippen MR) is 165 cm³/mol. The number of para-hydroxylation sites is 1. The van der Waals surface area contributed by atoms with Gasteiger partial charge < -0.3 is 4.57 Å². The number of carbonyl (C=O) groups is 1. The summed E-state index contributed by atoms with van der Waals surface area (Å²) in [6, 6.07) is 44.7. The number of halogens is 1. The van der Waals surface area contributed by atoms with Crippen molar-refractivity contribution in [3.8, 4) is 11.1 Å². The summed E-state index contributed by atoms with van der Waals surface area (Å²) >= 11 is 6.56. The molecule has 7 rings (SSSR count). The Morgan fingerprint density at radius 2 is 1.23 bits per heavy atom. The molecule has 6 aromatic rings. The van der Waals surface area contributed by atoms with Gasteiger partial charge in [0, 0.05) is 38.2 Å². The average molecular weight is 558 g/mol. The molecule has 3 nitrogen and oxygen atoms in total. The molecule has 0 spiro atoms. The Labute approximate surface area is 238 Å². The lowest BCUT2D eigenvalue weighted by Crippen LogP contribution is -2.33. The van der Waals surface area contributed by atoms with Crippen LogP contribution in [0, 0.1) is 0 Å². The maximum atomic E-state index is 15.8. The van der Waals surface area contributed by atoms with E-state index in [1.54, 1.807) is 0 Å². The Kier molecular flexibility index (Phi) is 6.08. The highest BCUT2D eigenvalue weighted by atomic mass is 35.5. The van der Waals surface area contributed by atoms with E-state index < -0.39 is 18.7 Å². The molecule has 0 amide bonds. The molecule has 1 aliphatic heterocycles. The third-order valence-corrected chi connectivity index (χ3v) is 11.6. The molecule has 194 valence electrons. The van der Waals surface area contributed by atoms with Crippen LogP contribution in [0.3, 0.4) is 0 Å². The fraction of sp³-hybridized carbons (Fsp3) is 0.0571. The summed E-state index contributed by atoms with van der Waals surface area (Å²) in [5.41, 5.74) is 3.71. The van der Waals surface area contributed by atoms with Crippen molar-refractivity contribution >= 4 is 46.2 Å². The zero-order valence-corrected chi connectivity index (χ0v) is 23.2. The van der Waals surface area contributed by atoms with E-state index in [9.17, 15) is 4.79 Å². The monoisotopic (exact) mass is 557 g/mol. The summed E-state index contributed by atoms with van der Waals surface area (Å²) in [5, 5.41) is 2.91. The molecule has 0 saturated carbocycles. The molecule has 0 N–H and O–H groups in total. The lowest BCUT2D eigenvalue weighted by molar-refractivity contribution is 0.0930. The van der Waals surface area contributed by atoms with Gasteiger partial charge in [0.25, 0.3) is 0 Å². The maximum absolute atomic E-state index is 15.8. The van der Waals surface area contributed by atoms with Gasteiger partial charge in [-0.05, 0) is 29.3 Å². The van der Waals surface area contributed by atoms with Crippen molar-refractivity contribution in [1.82, 2.24) is 4.57 Å². The molecule has 1 aliphatic rings. The Hall–Kier alpha value is -4.17. The van der Waals surface area contributed by atoms with E-state index >= 15 is 4.57 Å². The van der Waals surface area contributed by atoms with E-state index in [1.807, 2.05) is 126 Å². The van der Waals surface area contributed by atoms with Crippen LogP contribution in [-0.4, -0.2) is 16.1 Å². The van der Waals surface area contributed by atoms with Crippen molar-refractivity contribution in [1.29, 1.82) is 0 Å². The van der Waals surface area contributed by atoms with Crippen LogP contribution in [0.2, 0.25) is 5.02 Å². The van der Waals surface area contributed by atoms with Crippen molar-refractivity contribution < 1.29 is 9.36 Å². The van der Waals surface area contributed by atoms with Crippen LogP contribution < -0.4 is 10.6 Å². The van der Waals surface area contributed by atoms with Gasteiger partial charge in [-0.15, -0.1) is 0 Å². The van der Waals surface area contributed by atoms with E-state index in [4.69, 9.17) is 11.6 Å². The largest absolute Gasteiger partial charge is 0.313 e. The van der Waals surface area contributed by atoms with Crippen molar-refractivity contribution in [2.45, 2.75) is 11.6 Å². The van der Waals surface area contributed by atoms with Crippen LogP contribution in [0.1, 0.15) is 22.0 Å². The standard InChI is InChI=1S/C35H25ClNO2P/c36-26-16-12-15-25(23-26)32-33-31(24-13-4-1-5-14-24)29-21-10-11-22-30(29)37(33)35(38)34(32)40(39,27-17-6-2-7-18-27)28-19-8-3-9-20-28/h1-23,32,34H/t32-,34+/m1/s1. The molecule has 5 aromatic carbocycles. The third-order valence-electron chi connectivity index (χ3n) is 7.94. The number of carbonyl (C=O) groups excluding carboxylic acids is 1. The molecular weight excluding hydrogens is 533 g/mol. The molecule has 0 radical (unpaired) electrons. The number of aromatic nitrogens is 1. The van der Waals surface area contributed by atoms with Gasteiger partial charge in [0.1, 0.15) is 5.66 Å². The van der Waals surface area contributed by atoms with Crippen molar-refractivity contribution in [2.75, 3.05) is 0 Å². The molecule has 1 aromatic heterocycles. The average Bonchev–Trinajstić information content (AvgIpc) is 3.50. The molecule has 2 atom stereocenters. The minimum absolute atomic E-state index is 0.158. The molecule has 0 unspecified atom stereocenters. The van der Waals surface area contributed by atoms with Gasteiger partial charge in [-0.25, -0.2) is 0 Å².